The summed E-state index contributed by atoms with van der Waals surface area (Å²) in [7, 11) is 0. The van der Waals surface area contributed by atoms with Gasteiger partial charge in [0.1, 0.15) is 53.0 Å². The van der Waals surface area contributed by atoms with Gasteiger partial charge in [-0.15, -0.1) is 0 Å². The van der Waals surface area contributed by atoms with Crippen LogP contribution in [0, 0.1) is 0 Å². The molecule has 2 aromatic rings. The predicted molar refractivity (Wildman–Crippen MR) is 130 cm³/mol. The van der Waals surface area contributed by atoms with Crippen molar-refractivity contribution in [1.29, 1.82) is 0 Å². The van der Waals surface area contributed by atoms with Crippen molar-refractivity contribution in [2.45, 2.75) is 43.5 Å². The Hall–Kier alpha value is -4.21. The average molecular weight is 549 g/mol. The number of carboxylic acids is 1. The van der Waals surface area contributed by atoms with Gasteiger partial charge in [-0.3, -0.25) is 9.59 Å². The second-order valence-electron chi connectivity index (χ2n) is 8.59. The molecule has 1 amide bonds. The molecule has 14 heteroatoms. The molecule has 2 aromatic carbocycles. The summed E-state index contributed by atoms with van der Waals surface area (Å²) in [5.41, 5.74) is 0.0308. The minimum absolute atomic E-state index is 0.0345. The first-order valence-electron chi connectivity index (χ1n) is 11.5. The zero-order valence-corrected chi connectivity index (χ0v) is 20.2. The van der Waals surface area contributed by atoms with Crippen LogP contribution < -0.4 is 10.1 Å². The van der Waals surface area contributed by atoms with Crippen LogP contribution >= 0.6 is 0 Å². The summed E-state index contributed by atoms with van der Waals surface area (Å²) in [6.07, 6.45) is -7.08. The monoisotopic (exact) mass is 549 g/mol. The fraction of sp³-hybridized carbons (Fsp3) is 0.320. The number of aromatic hydroxyl groups is 3. The Bertz CT molecular complexity index is 1260. The molecule has 1 fully saturated rings. The lowest BCUT2D eigenvalue weighted by Crippen LogP contribution is -2.60. The predicted octanol–water partition coefficient (Wildman–Crippen LogP) is -0.623. The molecule has 1 aliphatic rings. The third kappa shape index (κ3) is 7.22. The Kier molecular flexibility index (Phi) is 9.45. The number of anilines is 1. The summed E-state index contributed by atoms with van der Waals surface area (Å²) in [6.45, 7) is -0.729. The van der Waals surface area contributed by atoms with Gasteiger partial charge in [0.2, 0.25) is 12.2 Å². The quantitative estimate of drug-likeness (QED) is 0.102. The Labute approximate surface area is 220 Å². The number of aliphatic hydroxyl groups is 4. The Balaban J connectivity index is 1.78. The maximum atomic E-state index is 13.1. The van der Waals surface area contributed by atoms with E-state index in [1.807, 2.05) is 0 Å². The van der Waals surface area contributed by atoms with E-state index < -0.39 is 77.8 Å². The van der Waals surface area contributed by atoms with E-state index in [-0.39, 0.29) is 24.3 Å². The lowest BCUT2D eigenvalue weighted by molar-refractivity contribution is -0.277. The van der Waals surface area contributed by atoms with Crippen LogP contribution in [0.3, 0.4) is 0 Å². The molecule has 0 unspecified atom stereocenters. The molecule has 5 atom stereocenters. The molecule has 0 aromatic heterocycles. The van der Waals surface area contributed by atoms with Gasteiger partial charge < -0.3 is 55.6 Å². The highest BCUT2D eigenvalue weighted by Gasteiger charge is 2.45. The third-order valence-corrected chi connectivity index (χ3v) is 5.77. The molecule has 1 saturated heterocycles. The molecule has 0 bridgehead atoms. The number of rotatable bonds is 10. The number of ether oxygens (including phenoxy) is 2. The number of hydrogen-bond acceptors (Lipinski definition) is 12. The number of carbonyl (C=O) groups excluding carboxylic acids is 2. The van der Waals surface area contributed by atoms with Crippen molar-refractivity contribution in [1.82, 2.24) is 0 Å². The highest BCUT2D eigenvalue weighted by molar-refractivity contribution is 6.03. The zero-order chi connectivity index (χ0) is 28.9. The Morgan fingerprint density at radius 2 is 1.67 bits per heavy atom. The molecule has 1 aliphatic heterocycles. The summed E-state index contributed by atoms with van der Waals surface area (Å²) in [4.78, 5) is 35.5. The van der Waals surface area contributed by atoms with Crippen LogP contribution in [0.2, 0.25) is 0 Å². The van der Waals surface area contributed by atoms with E-state index in [1.165, 1.54) is 18.2 Å². The van der Waals surface area contributed by atoms with Crippen molar-refractivity contribution in [2.75, 3.05) is 11.9 Å². The molecule has 0 aliphatic carbocycles. The number of Topliss-reactive ketones (excluding diaryl/α,β-unsaturated/α-hetero) is 1. The molecule has 0 radical (unpaired) electrons. The molecule has 0 spiro atoms. The van der Waals surface area contributed by atoms with E-state index in [0.29, 0.717) is 11.6 Å². The van der Waals surface area contributed by atoms with E-state index >= 15 is 0 Å². The van der Waals surface area contributed by atoms with Gasteiger partial charge in [-0.1, -0.05) is 6.07 Å². The summed E-state index contributed by atoms with van der Waals surface area (Å²) < 4.78 is 10.7. The van der Waals surface area contributed by atoms with Crippen LogP contribution in [0.25, 0.3) is 0 Å². The standard InChI is InChI=1S/C25H27NO13/c27-10-18-22(35)23(36)24(37)25(39-18)38-17-9-12(28)8-16(31)21(17)15(30)4-2-11-1-3-14(29)13(7-11)26-19(32)5-6-20(33)34/h1,3,5-9,18,22-25,27-29,31,35-37H,2,4,10H2,(H,26,32)(H,33,34)/b6-5+/t18-,22+,23-,24+,25+/m1/s1. The minimum atomic E-state index is -1.81. The third-order valence-electron chi connectivity index (χ3n) is 5.77. The van der Waals surface area contributed by atoms with Gasteiger partial charge in [-0.25, -0.2) is 4.79 Å². The second kappa shape index (κ2) is 12.6. The number of carboxylic acid groups (broad SMARTS) is 1. The number of nitrogens with one attached hydrogen (secondary N) is 1. The van der Waals surface area contributed by atoms with Gasteiger partial charge in [0.05, 0.1) is 12.3 Å². The van der Waals surface area contributed by atoms with Crippen LogP contribution in [0.15, 0.2) is 42.5 Å². The molecule has 9 N–H and O–H groups in total. The summed E-state index contributed by atoms with van der Waals surface area (Å²) in [5.74, 6) is -4.73. The number of benzene rings is 2. The van der Waals surface area contributed by atoms with E-state index in [0.717, 1.165) is 18.2 Å². The van der Waals surface area contributed by atoms with Crippen molar-refractivity contribution in [3.8, 4) is 23.0 Å². The van der Waals surface area contributed by atoms with E-state index in [4.69, 9.17) is 14.6 Å². The van der Waals surface area contributed by atoms with Crippen molar-refractivity contribution in [3.63, 3.8) is 0 Å². The fourth-order valence-electron chi connectivity index (χ4n) is 3.79. The number of hydrogen-bond donors (Lipinski definition) is 9. The van der Waals surface area contributed by atoms with Crippen LogP contribution in [-0.2, 0) is 20.7 Å². The SMILES string of the molecule is O=C(O)/C=C/C(=O)Nc1cc(CCC(=O)c2c(O)cc(O)cc2O[C@H]2O[C@H](CO)[C@H](O)[C@@H](O)[C@@H]2O)ccc1O. The first-order valence-corrected chi connectivity index (χ1v) is 11.5. The number of phenols is 3. The number of phenolic OH excluding ortho intramolecular Hbond substituents is 3. The van der Waals surface area contributed by atoms with Crippen LogP contribution in [0.4, 0.5) is 5.69 Å². The molecule has 1 heterocycles. The highest BCUT2D eigenvalue weighted by Crippen LogP contribution is 2.36. The highest BCUT2D eigenvalue weighted by atomic mass is 16.7. The van der Waals surface area contributed by atoms with Gasteiger partial charge in [-0.05, 0) is 24.1 Å². The summed E-state index contributed by atoms with van der Waals surface area (Å²) in [5, 5.41) is 80.7. The zero-order valence-electron chi connectivity index (χ0n) is 20.2. The number of aryl methyl sites for hydroxylation is 1. The maximum Gasteiger partial charge on any atom is 0.328 e. The molecular weight excluding hydrogens is 522 g/mol. The second-order valence-corrected chi connectivity index (χ2v) is 8.59. The maximum absolute atomic E-state index is 13.1. The van der Waals surface area contributed by atoms with E-state index in [1.54, 1.807) is 0 Å². The number of carbonyl (C=O) groups is 3. The molecular formula is C25H27NO13. The Morgan fingerprint density at radius 3 is 2.33 bits per heavy atom. The largest absolute Gasteiger partial charge is 0.508 e. The van der Waals surface area contributed by atoms with Crippen molar-refractivity contribution in [3.05, 3.63) is 53.6 Å². The molecule has 14 nitrogen and oxygen atoms in total. The normalized spacial score (nSPS) is 22.9. The number of amides is 1. The van der Waals surface area contributed by atoms with Crippen LogP contribution in [-0.4, -0.2) is 95.8 Å². The fourth-order valence-corrected chi connectivity index (χ4v) is 3.79. The lowest BCUT2D eigenvalue weighted by atomic mass is 9.98. The number of ketones is 1. The number of aliphatic carboxylic acids is 1. The van der Waals surface area contributed by atoms with E-state index in [9.17, 15) is 50.1 Å². The first kappa shape index (κ1) is 29.3. The smallest absolute Gasteiger partial charge is 0.328 e. The van der Waals surface area contributed by atoms with E-state index in [2.05, 4.69) is 5.32 Å². The van der Waals surface area contributed by atoms with Gasteiger partial charge in [0.25, 0.3) is 0 Å². The molecule has 210 valence electrons. The average Bonchev–Trinajstić information content (AvgIpc) is 2.87. The van der Waals surface area contributed by atoms with Gasteiger partial charge in [0.15, 0.2) is 5.78 Å². The summed E-state index contributed by atoms with van der Waals surface area (Å²) >= 11 is 0. The summed E-state index contributed by atoms with van der Waals surface area (Å²) in [6, 6.07) is 5.92. The van der Waals surface area contributed by atoms with Crippen LogP contribution in [0.5, 0.6) is 23.0 Å². The Morgan fingerprint density at radius 1 is 0.949 bits per heavy atom. The van der Waals surface area contributed by atoms with Gasteiger partial charge >= 0.3 is 5.97 Å². The number of aliphatic hydroxyl groups excluding tert-OH is 4. The van der Waals surface area contributed by atoms with Crippen molar-refractivity contribution >= 4 is 23.3 Å². The van der Waals surface area contributed by atoms with Gasteiger partial charge in [0, 0.05) is 30.7 Å². The topological polar surface area (TPSA) is 244 Å². The van der Waals surface area contributed by atoms with Crippen molar-refractivity contribution in [2.24, 2.45) is 0 Å². The van der Waals surface area contributed by atoms with Crippen LogP contribution in [0.1, 0.15) is 22.3 Å². The van der Waals surface area contributed by atoms with Crippen molar-refractivity contribution < 1.29 is 64.7 Å². The molecule has 0 saturated carbocycles. The first-order chi connectivity index (χ1) is 18.4. The molecule has 3 rings (SSSR count). The minimum Gasteiger partial charge on any atom is -0.508 e. The molecule has 39 heavy (non-hydrogen) atoms. The van der Waals surface area contributed by atoms with Gasteiger partial charge in [-0.2, -0.15) is 0 Å². The lowest BCUT2D eigenvalue weighted by Gasteiger charge is -2.39.